The van der Waals surface area contributed by atoms with E-state index in [1.54, 1.807) is 26.0 Å². The Labute approximate surface area is 60.9 Å². The highest BCUT2D eigenvalue weighted by molar-refractivity contribution is 7.98. The van der Waals surface area contributed by atoms with E-state index in [0.29, 0.717) is 0 Å². The molecule has 0 aliphatic heterocycles. The molecule has 0 spiro atoms. The van der Waals surface area contributed by atoms with Crippen LogP contribution in [0.3, 0.4) is 0 Å². The lowest BCUT2D eigenvalue weighted by Crippen LogP contribution is -2.13. The van der Waals surface area contributed by atoms with Crippen molar-refractivity contribution >= 4 is 11.8 Å². The smallest absolute Gasteiger partial charge is 0.157 e. The lowest BCUT2D eigenvalue weighted by molar-refractivity contribution is -0.102. The summed E-state index contributed by atoms with van der Waals surface area (Å²) < 4.78 is 9.93. The molecule has 0 saturated carbocycles. The highest BCUT2D eigenvalue weighted by Crippen LogP contribution is 2.02. The Kier molecular flexibility index (Phi) is 6.58. The number of hydrogen-bond donors (Lipinski definition) is 0. The summed E-state index contributed by atoms with van der Waals surface area (Å²) >= 11 is 1.80. The number of methoxy groups -OCH3 is 2. The van der Waals surface area contributed by atoms with Crippen molar-refractivity contribution in [1.82, 2.24) is 0 Å². The van der Waals surface area contributed by atoms with E-state index >= 15 is 0 Å². The first kappa shape index (κ1) is 9.27. The third-order valence-electron chi connectivity index (χ3n) is 1.08. The van der Waals surface area contributed by atoms with Gasteiger partial charge in [0.15, 0.2) is 6.29 Å². The van der Waals surface area contributed by atoms with Gasteiger partial charge in [0.25, 0.3) is 0 Å². The van der Waals surface area contributed by atoms with Gasteiger partial charge >= 0.3 is 0 Å². The fraction of sp³-hybridized carbons (Fsp3) is 1.00. The Balaban J connectivity index is 3.09. The summed E-state index contributed by atoms with van der Waals surface area (Å²) in [5.74, 6) is 1.09. The van der Waals surface area contributed by atoms with Crippen LogP contribution in [0, 0.1) is 0 Å². The Bertz CT molecular complexity index is 55.0. The van der Waals surface area contributed by atoms with Gasteiger partial charge in [-0.3, -0.25) is 0 Å². The van der Waals surface area contributed by atoms with Gasteiger partial charge in [-0.25, -0.2) is 0 Å². The molecule has 0 aromatic rings. The van der Waals surface area contributed by atoms with Crippen molar-refractivity contribution in [2.24, 2.45) is 0 Å². The molecule has 0 saturated heterocycles. The predicted octanol–water partition coefficient (Wildman–Crippen LogP) is 1.36. The third kappa shape index (κ3) is 4.75. The second-order valence-corrected chi connectivity index (χ2v) is 2.67. The molecule has 0 bridgehead atoms. The zero-order valence-corrected chi connectivity index (χ0v) is 7.03. The Morgan fingerprint density at radius 2 is 1.89 bits per heavy atom. The van der Waals surface area contributed by atoms with Crippen LogP contribution in [0.1, 0.15) is 6.42 Å². The van der Waals surface area contributed by atoms with Gasteiger partial charge < -0.3 is 9.47 Å². The van der Waals surface area contributed by atoms with Gasteiger partial charge in [0.05, 0.1) is 0 Å². The van der Waals surface area contributed by atoms with Crippen LogP contribution in [0.25, 0.3) is 0 Å². The molecule has 0 N–H and O–H groups in total. The van der Waals surface area contributed by atoms with Crippen molar-refractivity contribution in [2.45, 2.75) is 12.7 Å². The topological polar surface area (TPSA) is 18.5 Å². The van der Waals surface area contributed by atoms with Gasteiger partial charge in [-0.05, 0) is 12.0 Å². The fourth-order valence-electron chi connectivity index (χ4n) is 0.546. The molecule has 9 heavy (non-hydrogen) atoms. The number of thioether (sulfide) groups is 1. The number of hydrogen-bond acceptors (Lipinski definition) is 3. The summed E-state index contributed by atoms with van der Waals surface area (Å²) in [6.45, 7) is 0. The van der Waals surface area contributed by atoms with E-state index in [1.165, 1.54) is 0 Å². The van der Waals surface area contributed by atoms with E-state index in [-0.39, 0.29) is 6.29 Å². The van der Waals surface area contributed by atoms with Crippen molar-refractivity contribution in [3.8, 4) is 0 Å². The van der Waals surface area contributed by atoms with E-state index in [0.717, 1.165) is 12.2 Å². The Morgan fingerprint density at radius 3 is 2.22 bits per heavy atom. The van der Waals surface area contributed by atoms with Crippen LogP contribution in [-0.4, -0.2) is 32.5 Å². The molecule has 0 rings (SSSR count). The molecule has 0 aliphatic rings. The van der Waals surface area contributed by atoms with Gasteiger partial charge in [0, 0.05) is 20.6 Å². The summed E-state index contributed by atoms with van der Waals surface area (Å²) in [4.78, 5) is 0. The highest BCUT2D eigenvalue weighted by Gasteiger charge is 2.01. The molecule has 0 atom stereocenters. The van der Waals surface area contributed by atoms with E-state index in [9.17, 15) is 0 Å². The average molecular weight is 150 g/mol. The molecule has 0 heterocycles. The van der Waals surface area contributed by atoms with Crippen LogP contribution in [0.2, 0.25) is 0 Å². The third-order valence-corrected chi connectivity index (χ3v) is 1.73. The standard InChI is InChI=1S/C6H14O2S/c1-7-6(8-2)4-5-9-3/h6H,4-5H2,1-3H3. The van der Waals surface area contributed by atoms with Crippen LogP contribution in [0.5, 0.6) is 0 Å². The molecule has 0 aromatic heterocycles. The van der Waals surface area contributed by atoms with Crippen molar-refractivity contribution in [3.63, 3.8) is 0 Å². The molecular weight excluding hydrogens is 136 g/mol. The van der Waals surface area contributed by atoms with Gasteiger partial charge in [-0.15, -0.1) is 0 Å². The lowest BCUT2D eigenvalue weighted by Gasteiger charge is -2.11. The van der Waals surface area contributed by atoms with Crippen LogP contribution in [0.15, 0.2) is 0 Å². The maximum Gasteiger partial charge on any atom is 0.157 e. The molecular formula is C6H14O2S. The largest absolute Gasteiger partial charge is 0.356 e. The second-order valence-electron chi connectivity index (χ2n) is 1.68. The summed E-state index contributed by atoms with van der Waals surface area (Å²) in [5, 5.41) is 0. The van der Waals surface area contributed by atoms with E-state index < -0.39 is 0 Å². The summed E-state index contributed by atoms with van der Waals surface area (Å²) in [7, 11) is 3.32. The monoisotopic (exact) mass is 150 g/mol. The molecule has 0 aromatic carbocycles. The van der Waals surface area contributed by atoms with Crippen molar-refractivity contribution < 1.29 is 9.47 Å². The molecule has 56 valence electrons. The zero-order valence-electron chi connectivity index (χ0n) is 6.22. The fourth-order valence-corrected chi connectivity index (χ4v) is 0.974. The van der Waals surface area contributed by atoms with Crippen molar-refractivity contribution in [3.05, 3.63) is 0 Å². The lowest BCUT2D eigenvalue weighted by atomic mass is 10.5. The summed E-state index contributed by atoms with van der Waals surface area (Å²) in [6, 6.07) is 0. The molecule has 3 heteroatoms. The highest BCUT2D eigenvalue weighted by atomic mass is 32.2. The maximum absolute atomic E-state index is 4.97. The van der Waals surface area contributed by atoms with Crippen LogP contribution < -0.4 is 0 Å². The van der Waals surface area contributed by atoms with E-state index in [2.05, 4.69) is 6.26 Å². The normalized spacial score (nSPS) is 10.7. The number of ether oxygens (including phenoxy) is 2. The van der Waals surface area contributed by atoms with Crippen molar-refractivity contribution in [2.75, 3.05) is 26.2 Å². The molecule has 0 aliphatic carbocycles. The molecule has 0 amide bonds. The van der Waals surface area contributed by atoms with Gasteiger partial charge in [-0.2, -0.15) is 11.8 Å². The molecule has 0 unspecified atom stereocenters. The van der Waals surface area contributed by atoms with Gasteiger partial charge in [0.2, 0.25) is 0 Å². The molecule has 2 nitrogen and oxygen atoms in total. The minimum Gasteiger partial charge on any atom is -0.356 e. The maximum atomic E-state index is 4.97. The van der Waals surface area contributed by atoms with Crippen molar-refractivity contribution in [1.29, 1.82) is 0 Å². The van der Waals surface area contributed by atoms with Crippen LogP contribution in [0.4, 0.5) is 0 Å². The van der Waals surface area contributed by atoms with Crippen LogP contribution >= 0.6 is 11.8 Å². The minimum absolute atomic E-state index is 0.0163. The predicted molar refractivity (Wildman–Crippen MR) is 40.8 cm³/mol. The first-order valence-electron chi connectivity index (χ1n) is 2.89. The second kappa shape index (κ2) is 6.39. The summed E-state index contributed by atoms with van der Waals surface area (Å²) in [6.07, 6.45) is 3.02. The molecule has 0 radical (unpaired) electrons. The quantitative estimate of drug-likeness (QED) is 0.551. The van der Waals surface area contributed by atoms with E-state index in [4.69, 9.17) is 9.47 Å². The summed E-state index contributed by atoms with van der Waals surface area (Å²) in [5.41, 5.74) is 0. The van der Waals surface area contributed by atoms with Gasteiger partial charge in [-0.1, -0.05) is 0 Å². The zero-order chi connectivity index (χ0) is 7.11. The minimum atomic E-state index is -0.0163. The SMILES string of the molecule is COC(CCSC)OC. The first-order valence-corrected chi connectivity index (χ1v) is 4.29. The Morgan fingerprint density at radius 1 is 1.33 bits per heavy atom. The van der Waals surface area contributed by atoms with E-state index in [1.807, 2.05) is 0 Å². The van der Waals surface area contributed by atoms with Gasteiger partial charge in [0.1, 0.15) is 0 Å². The molecule has 0 fully saturated rings. The first-order chi connectivity index (χ1) is 4.35. The number of rotatable bonds is 5. The Hall–Kier alpha value is 0.270. The van der Waals surface area contributed by atoms with Crippen LogP contribution in [-0.2, 0) is 9.47 Å². The average Bonchev–Trinajstić information content (AvgIpc) is 1.91.